The van der Waals surface area contributed by atoms with Crippen molar-refractivity contribution >= 4 is 47.8 Å². The lowest BCUT2D eigenvalue weighted by Gasteiger charge is -2.61. The van der Waals surface area contributed by atoms with Gasteiger partial charge in [-0.05, 0) is 44.4 Å². The zero-order valence-electron chi connectivity index (χ0n) is 7.32. The van der Waals surface area contributed by atoms with Crippen molar-refractivity contribution in [3.8, 4) is 0 Å². The van der Waals surface area contributed by atoms with Crippen LogP contribution in [0.1, 0.15) is 32.1 Å². The first-order valence-electron chi connectivity index (χ1n) is 4.84. The largest absolute Gasteiger partial charge is 0.0852 e. The van der Waals surface area contributed by atoms with Gasteiger partial charge in [0.05, 0.1) is 0 Å². The van der Waals surface area contributed by atoms with Crippen molar-refractivity contribution in [2.45, 2.75) is 45.1 Å². The summed E-state index contributed by atoms with van der Waals surface area (Å²) in [6, 6.07) is 0. The summed E-state index contributed by atoms with van der Waals surface area (Å²) in [4.78, 5) is 0. The summed E-state index contributed by atoms with van der Waals surface area (Å²) in [5, 5.41) is 0. The third kappa shape index (κ3) is 1.48. The maximum Gasteiger partial charge on any atom is 0.0319 e. The van der Waals surface area contributed by atoms with Crippen LogP contribution < -0.4 is 0 Å². The maximum absolute atomic E-state index is 3.95. The van der Waals surface area contributed by atoms with Crippen LogP contribution in [0.4, 0.5) is 0 Å². The van der Waals surface area contributed by atoms with Crippen LogP contribution in [-0.2, 0) is 0 Å². The molecule has 4 aliphatic rings. The zero-order chi connectivity index (χ0) is 9.32. The van der Waals surface area contributed by atoms with E-state index < -0.39 is 0 Å². The van der Waals surface area contributed by atoms with E-state index in [0.717, 1.165) is 5.92 Å². The second-order valence-electron chi connectivity index (χ2n) is 5.20. The van der Waals surface area contributed by atoms with Crippen LogP contribution in [0, 0.1) is 12.3 Å². The molecule has 73 valence electrons. The third-order valence-corrected chi connectivity index (χ3v) is 6.20. The van der Waals surface area contributed by atoms with Crippen LogP contribution >= 0.6 is 47.8 Å². The van der Waals surface area contributed by atoms with Gasteiger partial charge in [-0.2, -0.15) is 0 Å². The Balaban J connectivity index is 2.03. The number of halogens is 3. The fourth-order valence-corrected chi connectivity index (χ4v) is 9.17. The van der Waals surface area contributed by atoms with E-state index in [1.54, 1.807) is 0 Å². The Morgan fingerprint density at radius 3 is 1.85 bits per heavy atom. The van der Waals surface area contributed by atoms with Crippen LogP contribution in [0.5, 0.6) is 0 Å². The van der Waals surface area contributed by atoms with Gasteiger partial charge >= 0.3 is 0 Å². The second-order valence-corrected chi connectivity index (χ2v) is 10.0. The molecule has 3 heteroatoms. The lowest BCUT2D eigenvalue weighted by Crippen LogP contribution is -2.60. The van der Waals surface area contributed by atoms with E-state index in [2.05, 4.69) is 54.2 Å². The normalized spacial score (nSPS) is 64.4. The Kier molecular flexibility index (Phi) is 1.91. The predicted molar refractivity (Wildman–Crippen MR) is 65.8 cm³/mol. The Morgan fingerprint density at radius 2 is 1.46 bits per heavy atom. The van der Waals surface area contributed by atoms with Gasteiger partial charge < -0.3 is 0 Å². The summed E-state index contributed by atoms with van der Waals surface area (Å²) in [6.07, 6.45) is 9.10. The molecule has 0 nitrogen and oxygen atoms in total. The second kappa shape index (κ2) is 2.57. The molecule has 0 saturated heterocycles. The molecule has 0 aromatic carbocycles. The molecule has 0 aromatic heterocycles. The number of hydrogen-bond donors (Lipinski definition) is 0. The van der Waals surface area contributed by atoms with Gasteiger partial charge in [-0.15, -0.1) is 0 Å². The zero-order valence-corrected chi connectivity index (χ0v) is 12.1. The van der Waals surface area contributed by atoms with Gasteiger partial charge in [0.2, 0.25) is 0 Å². The summed E-state index contributed by atoms with van der Waals surface area (Å²) in [7, 11) is 0. The molecule has 4 bridgehead atoms. The van der Waals surface area contributed by atoms with Gasteiger partial charge in [-0.25, -0.2) is 0 Å². The molecule has 4 fully saturated rings. The number of rotatable bonds is 0. The van der Waals surface area contributed by atoms with Crippen molar-refractivity contribution in [1.29, 1.82) is 0 Å². The third-order valence-electron chi connectivity index (χ3n) is 3.65. The van der Waals surface area contributed by atoms with Crippen molar-refractivity contribution in [1.82, 2.24) is 0 Å². The lowest BCUT2D eigenvalue weighted by molar-refractivity contribution is 0.130. The standard InChI is InChI=1S/C10H12Br3/c11-8-1-7-2-9(12,4-8)6-10(13,3-7)5-8/h4,7H,1-3,5-6H2. The molecule has 2 atom stereocenters. The summed E-state index contributed by atoms with van der Waals surface area (Å²) in [5.74, 6) is 0.908. The average Bonchev–Trinajstić information content (AvgIpc) is 1.71. The highest BCUT2D eigenvalue weighted by Crippen LogP contribution is 2.66. The van der Waals surface area contributed by atoms with E-state index in [1.165, 1.54) is 32.1 Å². The molecule has 0 heterocycles. The first-order valence-corrected chi connectivity index (χ1v) is 7.22. The Hall–Kier alpha value is 1.44. The van der Waals surface area contributed by atoms with Gasteiger partial charge in [-0.3, -0.25) is 0 Å². The molecule has 0 aromatic rings. The highest BCUT2D eigenvalue weighted by Gasteiger charge is 2.61. The van der Waals surface area contributed by atoms with Crippen molar-refractivity contribution in [3.63, 3.8) is 0 Å². The van der Waals surface area contributed by atoms with Crippen LogP contribution in [0.3, 0.4) is 0 Å². The SMILES string of the molecule is BrC12[CH]C3(Br)CC(C1)CC(Br)(C2)C3. The van der Waals surface area contributed by atoms with E-state index in [0.29, 0.717) is 13.0 Å². The number of alkyl halides is 3. The summed E-state index contributed by atoms with van der Waals surface area (Å²) >= 11 is 11.8. The van der Waals surface area contributed by atoms with Gasteiger partial charge in [0, 0.05) is 13.0 Å². The highest BCUT2D eigenvalue weighted by atomic mass is 79.9. The topological polar surface area (TPSA) is 0 Å². The molecule has 1 radical (unpaired) electrons. The van der Waals surface area contributed by atoms with Crippen molar-refractivity contribution < 1.29 is 0 Å². The van der Waals surface area contributed by atoms with Gasteiger partial charge in [0.1, 0.15) is 0 Å². The van der Waals surface area contributed by atoms with E-state index in [9.17, 15) is 0 Å². The fraction of sp³-hybridized carbons (Fsp3) is 0.900. The van der Waals surface area contributed by atoms with E-state index >= 15 is 0 Å². The molecule has 0 spiro atoms. The van der Waals surface area contributed by atoms with Crippen molar-refractivity contribution in [2.75, 3.05) is 0 Å². The molecule has 2 unspecified atom stereocenters. The van der Waals surface area contributed by atoms with Gasteiger partial charge in [0.25, 0.3) is 0 Å². The van der Waals surface area contributed by atoms with Gasteiger partial charge in [-0.1, -0.05) is 47.8 Å². The molecular formula is C10H12Br3. The molecular weight excluding hydrogens is 360 g/mol. The molecule has 4 aliphatic carbocycles. The minimum Gasteiger partial charge on any atom is -0.0852 e. The minimum atomic E-state index is 0.319. The monoisotopic (exact) mass is 369 g/mol. The molecule has 0 N–H and O–H groups in total. The summed E-state index contributed by atoms with van der Waals surface area (Å²) < 4.78 is 1.05. The van der Waals surface area contributed by atoms with Crippen molar-refractivity contribution in [3.05, 3.63) is 6.42 Å². The first-order chi connectivity index (χ1) is 5.91. The summed E-state index contributed by atoms with van der Waals surface area (Å²) in [6.45, 7) is 0. The lowest BCUT2D eigenvalue weighted by atomic mass is 9.56. The smallest absolute Gasteiger partial charge is 0.0319 e. The van der Waals surface area contributed by atoms with Gasteiger partial charge in [0.15, 0.2) is 0 Å². The molecule has 4 rings (SSSR count). The first kappa shape index (κ1) is 9.65. The number of hydrogen-bond acceptors (Lipinski definition) is 0. The van der Waals surface area contributed by atoms with E-state index in [-0.39, 0.29) is 0 Å². The van der Waals surface area contributed by atoms with E-state index in [1.807, 2.05) is 0 Å². The van der Waals surface area contributed by atoms with Crippen molar-refractivity contribution in [2.24, 2.45) is 5.92 Å². The maximum atomic E-state index is 3.95. The van der Waals surface area contributed by atoms with Crippen LogP contribution in [0.2, 0.25) is 0 Å². The van der Waals surface area contributed by atoms with Crippen LogP contribution in [0.25, 0.3) is 0 Å². The molecule has 0 aliphatic heterocycles. The van der Waals surface area contributed by atoms with E-state index in [4.69, 9.17) is 0 Å². The predicted octanol–water partition coefficient (Wildman–Crippen LogP) is 4.20. The average molecular weight is 372 g/mol. The molecule has 13 heavy (non-hydrogen) atoms. The molecule has 0 amide bonds. The van der Waals surface area contributed by atoms with Crippen LogP contribution in [-0.4, -0.2) is 13.0 Å². The summed E-state index contributed by atoms with van der Waals surface area (Å²) in [5.41, 5.74) is 0. The quantitative estimate of drug-likeness (QED) is 0.560. The Bertz CT molecular complexity index is 212. The Labute approximate surface area is 105 Å². The Morgan fingerprint density at radius 1 is 0.923 bits per heavy atom. The fourth-order valence-electron chi connectivity index (χ4n) is 3.78. The molecule has 4 saturated carbocycles. The minimum absolute atomic E-state index is 0.319. The van der Waals surface area contributed by atoms with Crippen LogP contribution in [0.15, 0.2) is 0 Å². The highest BCUT2D eigenvalue weighted by molar-refractivity contribution is 9.11.